The Morgan fingerprint density at radius 1 is 1.07 bits per heavy atom. The highest BCUT2D eigenvalue weighted by atomic mass is 35.5. The van der Waals surface area contributed by atoms with Crippen LogP contribution in [-0.4, -0.2) is 36.8 Å². The van der Waals surface area contributed by atoms with Gasteiger partial charge in [0.05, 0.1) is 11.5 Å². The van der Waals surface area contributed by atoms with Gasteiger partial charge in [-0.05, 0) is 47.2 Å². The highest BCUT2D eigenvalue weighted by Crippen LogP contribution is 2.25. The van der Waals surface area contributed by atoms with E-state index in [0.29, 0.717) is 23.6 Å². The van der Waals surface area contributed by atoms with Gasteiger partial charge in [-0.3, -0.25) is 4.79 Å². The Labute approximate surface area is 172 Å². The summed E-state index contributed by atoms with van der Waals surface area (Å²) >= 11 is 5.94. The van der Waals surface area contributed by atoms with Gasteiger partial charge in [0.25, 0.3) is 5.91 Å². The SMILES string of the molecule is CC(C)(C)c1ccc(CN(C(=O)c2ccc(Cl)cc2)[C@@H]2CCS(=O)(=O)C2)cc1. The molecule has 1 aliphatic rings. The molecule has 0 unspecified atom stereocenters. The summed E-state index contributed by atoms with van der Waals surface area (Å²) in [5, 5.41) is 0.560. The molecule has 0 aliphatic carbocycles. The maximum atomic E-state index is 13.2. The molecule has 0 saturated carbocycles. The number of carbonyl (C=O) groups excluding carboxylic acids is 1. The largest absolute Gasteiger partial charge is 0.330 e. The van der Waals surface area contributed by atoms with Crippen molar-refractivity contribution in [2.24, 2.45) is 0 Å². The summed E-state index contributed by atoms with van der Waals surface area (Å²) < 4.78 is 24.0. The van der Waals surface area contributed by atoms with Crippen molar-refractivity contribution in [2.75, 3.05) is 11.5 Å². The van der Waals surface area contributed by atoms with E-state index < -0.39 is 9.84 Å². The zero-order valence-electron chi connectivity index (χ0n) is 16.5. The van der Waals surface area contributed by atoms with E-state index in [1.807, 2.05) is 12.1 Å². The summed E-state index contributed by atoms with van der Waals surface area (Å²) in [6, 6.07) is 14.6. The lowest BCUT2D eigenvalue weighted by Gasteiger charge is -2.29. The van der Waals surface area contributed by atoms with Gasteiger partial charge in [0.1, 0.15) is 0 Å². The van der Waals surface area contributed by atoms with Crippen molar-refractivity contribution < 1.29 is 13.2 Å². The minimum atomic E-state index is -3.10. The lowest BCUT2D eigenvalue weighted by atomic mass is 9.86. The first-order chi connectivity index (χ1) is 13.0. The van der Waals surface area contributed by atoms with Gasteiger partial charge in [-0.15, -0.1) is 0 Å². The second kappa shape index (κ2) is 7.88. The van der Waals surface area contributed by atoms with E-state index >= 15 is 0 Å². The van der Waals surface area contributed by atoms with Crippen molar-refractivity contribution in [3.05, 3.63) is 70.2 Å². The van der Waals surface area contributed by atoms with E-state index in [0.717, 1.165) is 5.56 Å². The molecule has 1 amide bonds. The minimum Gasteiger partial charge on any atom is -0.330 e. The van der Waals surface area contributed by atoms with Gasteiger partial charge in [-0.25, -0.2) is 8.42 Å². The molecule has 1 fully saturated rings. The Morgan fingerprint density at radius 3 is 2.18 bits per heavy atom. The number of carbonyl (C=O) groups is 1. The molecule has 2 aromatic rings. The minimum absolute atomic E-state index is 0.0202. The molecule has 1 atom stereocenters. The van der Waals surface area contributed by atoms with E-state index in [-0.39, 0.29) is 28.9 Å². The fourth-order valence-corrected chi connectivity index (χ4v) is 5.31. The first-order valence-corrected chi connectivity index (χ1v) is 11.6. The Balaban J connectivity index is 1.88. The zero-order chi connectivity index (χ0) is 20.5. The summed E-state index contributed by atoms with van der Waals surface area (Å²) in [5.41, 5.74) is 2.77. The van der Waals surface area contributed by atoms with Crippen LogP contribution in [0.3, 0.4) is 0 Å². The van der Waals surface area contributed by atoms with Gasteiger partial charge in [-0.2, -0.15) is 0 Å². The third kappa shape index (κ3) is 4.95. The number of benzene rings is 2. The Hall–Kier alpha value is -1.85. The van der Waals surface area contributed by atoms with E-state index in [4.69, 9.17) is 11.6 Å². The third-order valence-electron chi connectivity index (χ3n) is 5.17. The van der Waals surface area contributed by atoms with E-state index in [1.165, 1.54) is 5.56 Å². The second-order valence-corrected chi connectivity index (χ2v) is 11.1. The van der Waals surface area contributed by atoms with Gasteiger partial charge >= 0.3 is 0 Å². The Kier molecular flexibility index (Phi) is 5.87. The number of sulfone groups is 1. The number of hydrogen-bond acceptors (Lipinski definition) is 3. The summed E-state index contributed by atoms with van der Waals surface area (Å²) in [6.45, 7) is 6.84. The fourth-order valence-electron chi connectivity index (χ4n) is 3.45. The molecule has 2 aromatic carbocycles. The first-order valence-electron chi connectivity index (χ1n) is 9.41. The maximum absolute atomic E-state index is 13.2. The molecule has 0 bridgehead atoms. The van der Waals surface area contributed by atoms with Gasteiger partial charge in [0.2, 0.25) is 0 Å². The molecule has 0 spiro atoms. The van der Waals surface area contributed by atoms with E-state index in [2.05, 4.69) is 32.9 Å². The van der Waals surface area contributed by atoms with Gasteiger partial charge in [0, 0.05) is 23.2 Å². The van der Waals surface area contributed by atoms with Crippen LogP contribution in [0, 0.1) is 0 Å². The van der Waals surface area contributed by atoms with Crippen LogP contribution in [0.15, 0.2) is 48.5 Å². The van der Waals surface area contributed by atoms with Crippen molar-refractivity contribution in [1.82, 2.24) is 4.90 Å². The van der Waals surface area contributed by atoms with Crippen LogP contribution in [0.5, 0.6) is 0 Å². The lowest BCUT2D eigenvalue weighted by molar-refractivity contribution is 0.0681. The predicted molar refractivity (Wildman–Crippen MR) is 114 cm³/mol. The molecule has 0 radical (unpaired) electrons. The van der Waals surface area contributed by atoms with Crippen LogP contribution < -0.4 is 0 Å². The molecular weight excluding hydrogens is 394 g/mol. The van der Waals surface area contributed by atoms with Crippen LogP contribution in [0.4, 0.5) is 0 Å². The normalized spacial score (nSPS) is 18.8. The number of nitrogens with zero attached hydrogens (tertiary/aromatic N) is 1. The maximum Gasteiger partial charge on any atom is 0.254 e. The fraction of sp³-hybridized carbons (Fsp3) is 0.409. The van der Waals surface area contributed by atoms with Gasteiger partial charge < -0.3 is 4.90 Å². The van der Waals surface area contributed by atoms with E-state index in [9.17, 15) is 13.2 Å². The topological polar surface area (TPSA) is 54.5 Å². The van der Waals surface area contributed by atoms with Crippen molar-refractivity contribution in [3.8, 4) is 0 Å². The van der Waals surface area contributed by atoms with Crippen LogP contribution in [0.2, 0.25) is 5.02 Å². The molecule has 1 saturated heterocycles. The Bertz CT molecular complexity index is 945. The second-order valence-electron chi connectivity index (χ2n) is 8.44. The van der Waals surface area contributed by atoms with Gasteiger partial charge in [0.15, 0.2) is 9.84 Å². The van der Waals surface area contributed by atoms with Crippen molar-refractivity contribution in [2.45, 2.75) is 45.2 Å². The van der Waals surface area contributed by atoms with Crippen molar-refractivity contribution in [3.63, 3.8) is 0 Å². The molecular formula is C22H26ClNO3S. The predicted octanol–water partition coefficient (Wildman–Crippen LogP) is 4.47. The molecule has 0 aromatic heterocycles. The highest BCUT2D eigenvalue weighted by molar-refractivity contribution is 7.91. The average Bonchev–Trinajstić information content (AvgIpc) is 2.99. The Morgan fingerprint density at radius 2 is 1.68 bits per heavy atom. The average molecular weight is 420 g/mol. The van der Waals surface area contributed by atoms with E-state index in [1.54, 1.807) is 29.2 Å². The summed E-state index contributed by atoms with van der Waals surface area (Å²) in [7, 11) is -3.10. The monoisotopic (exact) mass is 419 g/mol. The zero-order valence-corrected chi connectivity index (χ0v) is 18.1. The number of amides is 1. The third-order valence-corrected chi connectivity index (χ3v) is 7.18. The summed E-state index contributed by atoms with van der Waals surface area (Å²) in [4.78, 5) is 14.9. The number of rotatable bonds is 4. The molecule has 28 heavy (non-hydrogen) atoms. The molecule has 150 valence electrons. The molecule has 4 nitrogen and oxygen atoms in total. The van der Waals surface area contributed by atoms with Crippen LogP contribution in [0.1, 0.15) is 48.7 Å². The van der Waals surface area contributed by atoms with Gasteiger partial charge in [-0.1, -0.05) is 56.6 Å². The highest BCUT2D eigenvalue weighted by Gasteiger charge is 2.35. The lowest BCUT2D eigenvalue weighted by Crippen LogP contribution is -2.40. The standard InChI is InChI=1S/C22H26ClNO3S/c1-22(2,3)18-8-4-16(5-9-18)14-24(20-12-13-28(26,27)15-20)21(25)17-6-10-19(23)11-7-17/h4-11,20H,12-15H2,1-3H3/t20-/m1/s1. The van der Waals surface area contributed by atoms with Crippen molar-refractivity contribution >= 4 is 27.3 Å². The molecule has 6 heteroatoms. The summed E-state index contributed by atoms with van der Waals surface area (Å²) in [6.07, 6.45) is 0.474. The molecule has 1 heterocycles. The quantitative estimate of drug-likeness (QED) is 0.734. The van der Waals surface area contributed by atoms with Crippen LogP contribution >= 0.6 is 11.6 Å². The summed E-state index contributed by atoms with van der Waals surface area (Å²) in [5.74, 6) is -0.0177. The number of halogens is 1. The van der Waals surface area contributed by atoms with Crippen molar-refractivity contribution in [1.29, 1.82) is 0 Å². The molecule has 0 N–H and O–H groups in total. The van der Waals surface area contributed by atoms with Crippen LogP contribution in [-0.2, 0) is 21.8 Å². The number of hydrogen-bond donors (Lipinski definition) is 0. The molecule has 3 rings (SSSR count). The first kappa shape index (κ1) is 20.9. The smallest absolute Gasteiger partial charge is 0.254 e. The molecule has 1 aliphatic heterocycles. The van der Waals surface area contributed by atoms with Crippen LogP contribution in [0.25, 0.3) is 0 Å².